The van der Waals surface area contributed by atoms with E-state index in [0.29, 0.717) is 6.61 Å². The Morgan fingerprint density at radius 2 is 2.23 bits per heavy atom. The summed E-state index contributed by atoms with van der Waals surface area (Å²) in [6.07, 6.45) is 4.90. The topological polar surface area (TPSA) is 35.2 Å². The minimum absolute atomic E-state index is 0.219. The third-order valence-electron chi connectivity index (χ3n) is 2.46. The van der Waals surface area contributed by atoms with Crippen molar-refractivity contribution >= 4 is 11.6 Å². The molecule has 2 unspecified atom stereocenters. The number of hydrogen-bond acceptors (Lipinski definition) is 2. The third-order valence-corrected chi connectivity index (χ3v) is 2.84. The van der Waals surface area contributed by atoms with Crippen molar-refractivity contribution in [3.8, 4) is 0 Å². The Bertz CT molecular complexity index is 182. The van der Waals surface area contributed by atoms with E-state index in [1.807, 2.05) is 6.92 Å². The van der Waals surface area contributed by atoms with Crippen LogP contribution in [-0.2, 0) is 4.74 Å². The van der Waals surface area contributed by atoms with Crippen molar-refractivity contribution in [3.05, 3.63) is 11.1 Å². The van der Waals surface area contributed by atoms with Gasteiger partial charge in [-0.15, -0.1) is 0 Å². The summed E-state index contributed by atoms with van der Waals surface area (Å²) in [6.45, 7) is 2.57. The average Bonchev–Trinajstić information content (AvgIpc) is 2.16. The van der Waals surface area contributed by atoms with Crippen LogP contribution in [0.2, 0.25) is 0 Å². The zero-order valence-corrected chi connectivity index (χ0v) is 8.89. The van der Waals surface area contributed by atoms with Crippen molar-refractivity contribution in [1.82, 2.24) is 0 Å². The van der Waals surface area contributed by atoms with E-state index in [9.17, 15) is 0 Å². The lowest BCUT2D eigenvalue weighted by Gasteiger charge is -2.28. The first kappa shape index (κ1) is 11.0. The van der Waals surface area contributed by atoms with Crippen molar-refractivity contribution in [2.75, 3.05) is 6.61 Å². The summed E-state index contributed by atoms with van der Waals surface area (Å²) in [6, 6.07) is 0.219. The number of rotatable bonds is 3. The summed E-state index contributed by atoms with van der Waals surface area (Å²) < 4.78 is 5.67. The van der Waals surface area contributed by atoms with Crippen LogP contribution in [0, 0.1) is 0 Å². The van der Waals surface area contributed by atoms with Crippen LogP contribution in [0.5, 0.6) is 0 Å². The fraction of sp³-hybridized carbons (Fsp3) is 0.800. The van der Waals surface area contributed by atoms with E-state index in [-0.39, 0.29) is 12.1 Å². The Morgan fingerprint density at radius 3 is 2.85 bits per heavy atom. The van der Waals surface area contributed by atoms with Crippen molar-refractivity contribution in [2.24, 2.45) is 5.73 Å². The highest BCUT2D eigenvalue weighted by Gasteiger charge is 2.21. The summed E-state index contributed by atoms with van der Waals surface area (Å²) in [7, 11) is 0. The number of ether oxygens (including phenoxy) is 1. The van der Waals surface area contributed by atoms with Gasteiger partial charge in [-0.25, -0.2) is 0 Å². The summed E-state index contributed by atoms with van der Waals surface area (Å²) in [5.74, 6) is 0. The molecule has 0 bridgehead atoms. The molecule has 2 N–H and O–H groups in total. The number of nitrogens with two attached hydrogens (primary N) is 1. The molecule has 0 aromatic carbocycles. The molecule has 1 saturated carbocycles. The molecule has 13 heavy (non-hydrogen) atoms. The summed E-state index contributed by atoms with van der Waals surface area (Å²) in [5.41, 5.74) is 8.55. The highest BCUT2D eigenvalue weighted by Crippen LogP contribution is 2.20. The first-order valence-corrected chi connectivity index (χ1v) is 5.30. The molecule has 3 heteroatoms. The second kappa shape index (κ2) is 5.63. The Kier molecular flexibility index (Phi) is 4.78. The lowest BCUT2D eigenvalue weighted by molar-refractivity contribution is 0.0284. The highest BCUT2D eigenvalue weighted by atomic mass is 35.5. The van der Waals surface area contributed by atoms with Crippen LogP contribution in [0.3, 0.4) is 0 Å². The van der Waals surface area contributed by atoms with Gasteiger partial charge in [-0.2, -0.15) is 0 Å². The van der Waals surface area contributed by atoms with Crippen molar-refractivity contribution in [3.63, 3.8) is 0 Å². The van der Waals surface area contributed by atoms with Gasteiger partial charge in [-0.1, -0.05) is 24.4 Å². The van der Waals surface area contributed by atoms with Crippen molar-refractivity contribution in [1.29, 1.82) is 0 Å². The van der Waals surface area contributed by atoms with E-state index in [1.165, 1.54) is 12.8 Å². The molecule has 0 aliphatic heterocycles. The largest absolute Gasteiger partial charge is 0.372 e. The van der Waals surface area contributed by atoms with Crippen LogP contribution in [0.1, 0.15) is 32.6 Å². The van der Waals surface area contributed by atoms with E-state index in [2.05, 4.69) is 0 Å². The van der Waals surface area contributed by atoms with Gasteiger partial charge in [0.25, 0.3) is 0 Å². The number of halogens is 1. The van der Waals surface area contributed by atoms with Crippen LogP contribution in [0.15, 0.2) is 11.1 Å². The lowest BCUT2D eigenvalue weighted by atomic mass is 9.93. The maximum atomic E-state index is 5.93. The first-order valence-electron chi connectivity index (χ1n) is 4.87. The lowest BCUT2D eigenvalue weighted by Crippen LogP contribution is -2.39. The molecular formula is C10H18ClNO. The van der Waals surface area contributed by atoms with Gasteiger partial charge in [0, 0.05) is 11.6 Å². The minimum atomic E-state index is 0.219. The van der Waals surface area contributed by atoms with Gasteiger partial charge >= 0.3 is 0 Å². The second-order valence-electron chi connectivity index (χ2n) is 3.75. The molecule has 0 amide bonds. The summed E-state index contributed by atoms with van der Waals surface area (Å²) in [4.78, 5) is 0. The Labute approximate surface area is 85.1 Å². The molecule has 1 rings (SSSR count). The zero-order chi connectivity index (χ0) is 9.68. The summed E-state index contributed by atoms with van der Waals surface area (Å²) in [5, 5.41) is 0. The van der Waals surface area contributed by atoms with Gasteiger partial charge < -0.3 is 10.5 Å². The van der Waals surface area contributed by atoms with Crippen molar-refractivity contribution < 1.29 is 4.74 Å². The third kappa shape index (κ3) is 3.67. The van der Waals surface area contributed by atoms with E-state index >= 15 is 0 Å². The fourth-order valence-corrected chi connectivity index (χ4v) is 1.67. The molecule has 0 spiro atoms. The molecule has 1 fully saturated rings. The van der Waals surface area contributed by atoms with Gasteiger partial charge in [0.15, 0.2) is 0 Å². The smallest absolute Gasteiger partial charge is 0.0730 e. The number of hydrogen-bond donors (Lipinski definition) is 1. The Hall–Kier alpha value is -0.0500. The Morgan fingerprint density at radius 1 is 1.54 bits per heavy atom. The predicted molar refractivity (Wildman–Crippen MR) is 55.8 cm³/mol. The average molecular weight is 204 g/mol. The predicted octanol–water partition coefficient (Wildman–Crippen LogP) is 2.42. The zero-order valence-electron chi connectivity index (χ0n) is 8.13. The van der Waals surface area contributed by atoms with Crippen LogP contribution in [0.25, 0.3) is 0 Å². The van der Waals surface area contributed by atoms with Crippen LogP contribution >= 0.6 is 11.6 Å². The molecule has 2 nitrogen and oxygen atoms in total. The van der Waals surface area contributed by atoms with Crippen LogP contribution in [0.4, 0.5) is 0 Å². The van der Waals surface area contributed by atoms with Crippen molar-refractivity contribution in [2.45, 2.75) is 44.8 Å². The molecular weight excluding hydrogens is 186 g/mol. The molecule has 0 aromatic rings. The van der Waals surface area contributed by atoms with Gasteiger partial charge in [0.2, 0.25) is 0 Å². The van der Waals surface area contributed by atoms with Crippen LogP contribution < -0.4 is 5.73 Å². The van der Waals surface area contributed by atoms with Gasteiger partial charge in [0.1, 0.15) is 0 Å². The maximum Gasteiger partial charge on any atom is 0.0730 e. The molecule has 0 saturated heterocycles. The normalized spacial score (nSPS) is 30.5. The van der Waals surface area contributed by atoms with E-state index in [0.717, 1.165) is 18.4 Å². The molecule has 0 radical (unpaired) electrons. The van der Waals surface area contributed by atoms with E-state index in [1.54, 1.807) is 5.54 Å². The summed E-state index contributed by atoms with van der Waals surface area (Å²) >= 11 is 5.53. The first-order chi connectivity index (χ1) is 6.24. The van der Waals surface area contributed by atoms with Gasteiger partial charge in [0.05, 0.1) is 12.7 Å². The SMILES string of the molecule is C/C(=C\Cl)COC1CCCCC1N. The molecule has 0 heterocycles. The quantitative estimate of drug-likeness (QED) is 0.765. The molecule has 0 aromatic heterocycles. The minimum Gasteiger partial charge on any atom is -0.372 e. The second-order valence-corrected chi connectivity index (χ2v) is 3.97. The molecule has 1 aliphatic rings. The maximum absolute atomic E-state index is 5.93. The standard InChI is InChI=1S/C10H18ClNO/c1-8(6-11)7-13-10-5-3-2-4-9(10)12/h6,9-10H,2-5,7,12H2,1H3/b8-6+. The monoisotopic (exact) mass is 203 g/mol. The van der Waals surface area contributed by atoms with Crippen LogP contribution in [-0.4, -0.2) is 18.8 Å². The molecule has 2 atom stereocenters. The molecule has 1 aliphatic carbocycles. The van der Waals surface area contributed by atoms with Gasteiger partial charge in [-0.05, 0) is 25.3 Å². The van der Waals surface area contributed by atoms with E-state index in [4.69, 9.17) is 22.1 Å². The molecule has 76 valence electrons. The van der Waals surface area contributed by atoms with Gasteiger partial charge in [-0.3, -0.25) is 0 Å². The highest BCUT2D eigenvalue weighted by molar-refractivity contribution is 6.25. The Balaban J connectivity index is 2.26. The fourth-order valence-electron chi connectivity index (χ4n) is 1.60. The van der Waals surface area contributed by atoms with E-state index < -0.39 is 0 Å².